The molecule has 5 atom stereocenters. The Morgan fingerprint density at radius 1 is 0.697 bits per heavy atom. The summed E-state index contributed by atoms with van der Waals surface area (Å²) in [5.41, 5.74) is 9.95. The number of carbonyl (C=O) groups excluding carboxylic acids is 2. The van der Waals surface area contributed by atoms with Gasteiger partial charge in [0.15, 0.2) is 25.8 Å². The lowest BCUT2D eigenvalue weighted by molar-refractivity contribution is -0.304. The Bertz CT molecular complexity index is 2870. The molecule has 4 heterocycles. The lowest BCUT2D eigenvalue weighted by atomic mass is 9.97. The van der Waals surface area contributed by atoms with Gasteiger partial charge in [-0.2, -0.15) is 9.97 Å². The Kier molecular flexibility index (Phi) is 10.9. The lowest BCUT2D eigenvalue weighted by Gasteiger charge is -2.48. The van der Waals surface area contributed by atoms with E-state index >= 15 is 0 Å². The number of carbonyl (C=O) groups is 2. The normalized spacial score (nSPS) is 21.0. The molecule has 1 N–H and O–H groups in total. The molecule has 7 aromatic rings. The third-order valence-corrected chi connectivity index (χ3v) is 13.6. The average molecular weight is 902 g/mol. The predicted octanol–water partition coefficient (Wildman–Crippen LogP) is 9.79. The number of amides is 1. The minimum absolute atomic E-state index is 0.0196. The van der Waals surface area contributed by atoms with Crippen molar-refractivity contribution < 1.29 is 42.4 Å². The zero-order valence-corrected chi connectivity index (χ0v) is 37.5. The molecule has 2 fully saturated rings. The third-order valence-electron chi connectivity index (χ3n) is 12.6. The van der Waals surface area contributed by atoms with Crippen LogP contribution in [0, 0.1) is 0 Å². The molecule has 0 saturated carbocycles. The van der Waals surface area contributed by atoms with Crippen molar-refractivity contribution in [1.29, 1.82) is 0 Å². The van der Waals surface area contributed by atoms with Crippen molar-refractivity contribution in [2.24, 2.45) is 0 Å². The second-order valence-electron chi connectivity index (χ2n) is 17.8. The molecular weight excluding hydrogens is 855 g/mol. The molecular formula is C51H47N5O9Si. The van der Waals surface area contributed by atoms with Crippen LogP contribution in [-0.4, -0.2) is 84.8 Å². The Hall–Kier alpha value is -6.75. The number of fused-ring (bicyclic) bond motifs is 8. The van der Waals surface area contributed by atoms with Crippen LogP contribution >= 0.6 is 0 Å². The first-order valence-electron chi connectivity index (χ1n) is 22.2. The molecule has 15 heteroatoms. The number of hydrogen-bond acceptors (Lipinski definition) is 12. The van der Waals surface area contributed by atoms with Gasteiger partial charge >= 0.3 is 12.2 Å². The number of nitrogens with one attached hydrogen (secondary N) is 1. The first-order valence-corrected chi connectivity index (χ1v) is 25.6. The smallest absolute Gasteiger partial charge is 0.448 e. The molecule has 5 aromatic carbocycles. The Morgan fingerprint density at radius 2 is 1.26 bits per heavy atom. The summed E-state index contributed by atoms with van der Waals surface area (Å²) < 4.78 is 45.6. The summed E-state index contributed by atoms with van der Waals surface area (Å²) >= 11 is 0. The molecule has 11 rings (SSSR count). The number of rotatable bonds is 10. The fraction of sp³-hybridized carbons (Fsp3) is 0.275. The van der Waals surface area contributed by atoms with E-state index in [1.165, 1.54) is 0 Å². The van der Waals surface area contributed by atoms with E-state index in [9.17, 15) is 9.59 Å². The van der Waals surface area contributed by atoms with Gasteiger partial charge in [-0.25, -0.2) is 14.6 Å². The van der Waals surface area contributed by atoms with Crippen molar-refractivity contribution in [3.63, 3.8) is 0 Å². The number of benzene rings is 5. The van der Waals surface area contributed by atoms with Crippen molar-refractivity contribution in [3.05, 3.63) is 162 Å². The molecule has 0 radical (unpaired) electrons. The van der Waals surface area contributed by atoms with Gasteiger partial charge in [0.05, 0.1) is 31.7 Å². The summed E-state index contributed by atoms with van der Waals surface area (Å²) in [5, 5.41) is 2.70. The van der Waals surface area contributed by atoms with Crippen LogP contribution in [0.1, 0.15) is 52.0 Å². The van der Waals surface area contributed by atoms with Gasteiger partial charge in [0, 0.05) is 17.4 Å². The Morgan fingerprint density at radius 3 is 1.85 bits per heavy atom. The van der Waals surface area contributed by atoms with E-state index in [1.54, 1.807) is 6.33 Å². The molecule has 2 aliphatic carbocycles. The fourth-order valence-electron chi connectivity index (χ4n) is 9.78. The maximum absolute atomic E-state index is 13.7. The van der Waals surface area contributed by atoms with Crippen molar-refractivity contribution in [2.45, 2.75) is 62.1 Å². The van der Waals surface area contributed by atoms with Crippen LogP contribution in [0.25, 0.3) is 33.4 Å². The molecule has 2 saturated heterocycles. The van der Waals surface area contributed by atoms with Gasteiger partial charge in [0.1, 0.15) is 25.4 Å². The summed E-state index contributed by atoms with van der Waals surface area (Å²) in [4.78, 5) is 41.5. The minimum Gasteiger partial charge on any atom is -0.448 e. The highest BCUT2D eigenvalue weighted by atomic mass is 28.4. The van der Waals surface area contributed by atoms with Crippen LogP contribution in [0.3, 0.4) is 0 Å². The van der Waals surface area contributed by atoms with Crippen LogP contribution in [-0.2, 0) is 28.1 Å². The predicted molar refractivity (Wildman–Crippen MR) is 247 cm³/mol. The standard InChI is InChI=1S/C51H47N5O9Si/c1-66(2,3)65-44-41(27-59-42-28-60-48(63-45(42)44)30-15-5-4-6-16-30)56-29-52-43-46(56)53-49(55-50(57)61-25-39-35-21-11-7-17-31(35)32-18-8-12-22-36(32)39)54-47(43)64-51(58)62-26-40-37-23-13-9-19-33(37)34-20-10-14-24-38(34)40/h4-24,29,39-42,44-45,48H,25-28H2,1-3H3,(H,53,54,55,57)/t41-,42-,44+,45-,48-/m1/s1. The summed E-state index contributed by atoms with van der Waals surface area (Å²) in [6, 6.07) is 41.6. The van der Waals surface area contributed by atoms with Gasteiger partial charge in [0.25, 0.3) is 5.88 Å². The van der Waals surface area contributed by atoms with Crippen molar-refractivity contribution in [1.82, 2.24) is 19.5 Å². The molecule has 4 aliphatic rings. The van der Waals surface area contributed by atoms with Gasteiger partial charge in [0.2, 0.25) is 5.95 Å². The summed E-state index contributed by atoms with van der Waals surface area (Å²) in [7, 11) is -2.24. The molecule has 0 unspecified atom stereocenters. The van der Waals surface area contributed by atoms with Crippen molar-refractivity contribution in [2.75, 3.05) is 31.7 Å². The van der Waals surface area contributed by atoms with E-state index < -0.39 is 51.2 Å². The van der Waals surface area contributed by atoms with Crippen LogP contribution in [0.15, 0.2) is 134 Å². The van der Waals surface area contributed by atoms with E-state index in [0.717, 1.165) is 50.1 Å². The van der Waals surface area contributed by atoms with Crippen LogP contribution < -0.4 is 10.1 Å². The summed E-state index contributed by atoms with van der Waals surface area (Å²) in [6.45, 7) is 6.95. The van der Waals surface area contributed by atoms with Gasteiger partial charge < -0.3 is 37.4 Å². The first-order chi connectivity index (χ1) is 32.2. The quantitative estimate of drug-likeness (QED) is 0.103. The topological polar surface area (TPSA) is 154 Å². The van der Waals surface area contributed by atoms with E-state index in [2.05, 4.69) is 71.3 Å². The average Bonchev–Trinajstić information content (AvgIpc) is 4.00. The van der Waals surface area contributed by atoms with Crippen LogP contribution in [0.5, 0.6) is 5.88 Å². The maximum atomic E-state index is 13.7. The molecule has 0 spiro atoms. The molecule has 14 nitrogen and oxygen atoms in total. The number of anilines is 1. The van der Waals surface area contributed by atoms with Crippen molar-refractivity contribution in [3.8, 4) is 28.1 Å². The SMILES string of the molecule is C[Si](C)(C)O[C@@H]1[C@@H]2O[C@H](c3ccccc3)OC[C@H]2OC[C@H]1n1cnc2c(OC(=O)OCC3c4ccccc4-c4ccccc43)nc(NC(=O)OCC3c4ccccc4-c4ccccc43)nc21. The number of nitrogens with zero attached hydrogens (tertiary/aromatic N) is 4. The summed E-state index contributed by atoms with van der Waals surface area (Å²) in [5.74, 6) is -0.763. The van der Waals surface area contributed by atoms with Gasteiger partial charge in [-0.3, -0.25) is 5.32 Å². The van der Waals surface area contributed by atoms with Crippen LogP contribution in [0.4, 0.5) is 15.5 Å². The van der Waals surface area contributed by atoms with E-state index in [0.29, 0.717) is 6.61 Å². The molecule has 334 valence electrons. The zero-order valence-electron chi connectivity index (χ0n) is 36.5. The molecule has 66 heavy (non-hydrogen) atoms. The number of aromatic nitrogens is 4. The van der Waals surface area contributed by atoms with Gasteiger partial charge in [-0.15, -0.1) is 0 Å². The molecule has 0 bridgehead atoms. The second kappa shape index (κ2) is 17.2. The number of hydrogen-bond donors (Lipinski definition) is 1. The highest BCUT2D eigenvalue weighted by Gasteiger charge is 2.49. The van der Waals surface area contributed by atoms with Gasteiger partial charge in [-0.1, -0.05) is 127 Å². The van der Waals surface area contributed by atoms with Crippen molar-refractivity contribution >= 4 is 37.7 Å². The monoisotopic (exact) mass is 901 g/mol. The maximum Gasteiger partial charge on any atom is 0.515 e. The number of imidazole rings is 1. The van der Waals surface area contributed by atoms with E-state index in [-0.39, 0.29) is 54.6 Å². The zero-order chi connectivity index (χ0) is 44.9. The third kappa shape index (κ3) is 7.92. The van der Waals surface area contributed by atoms with E-state index in [1.807, 2.05) is 95.6 Å². The number of ether oxygens (including phenoxy) is 6. The van der Waals surface area contributed by atoms with Gasteiger partial charge in [-0.05, 0) is 64.1 Å². The van der Waals surface area contributed by atoms with E-state index in [4.69, 9.17) is 37.8 Å². The summed E-state index contributed by atoms with van der Waals surface area (Å²) in [6.07, 6.45) is -2.28. The fourth-order valence-corrected chi connectivity index (χ4v) is 10.9. The molecule has 2 aliphatic heterocycles. The Balaban J connectivity index is 0.899. The van der Waals surface area contributed by atoms with Crippen LogP contribution in [0.2, 0.25) is 19.6 Å². The molecule has 2 aromatic heterocycles. The minimum atomic E-state index is -2.24. The molecule has 1 amide bonds. The lowest BCUT2D eigenvalue weighted by Crippen LogP contribution is -2.59. The highest BCUT2D eigenvalue weighted by molar-refractivity contribution is 6.69. The first kappa shape index (κ1) is 41.9. The largest absolute Gasteiger partial charge is 0.515 e. The second-order valence-corrected chi connectivity index (χ2v) is 22.3. The highest BCUT2D eigenvalue weighted by Crippen LogP contribution is 2.46. The Labute approximate surface area is 381 Å².